The predicted octanol–water partition coefficient (Wildman–Crippen LogP) is 2.60. The van der Waals surface area contributed by atoms with Gasteiger partial charge < -0.3 is 4.52 Å². The lowest BCUT2D eigenvalue weighted by Gasteiger charge is -1.95. The third-order valence-electron chi connectivity index (χ3n) is 1.15. The molecule has 1 aromatic heterocycles. The number of nitrogens with zero attached hydrogens (tertiary/aromatic N) is 2. The van der Waals surface area contributed by atoms with Crippen molar-refractivity contribution in [2.45, 2.75) is 41.0 Å². The summed E-state index contributed by atoms with van der Waals surface area (Å²) in [4.78, 5) is 4.07. The van der Waals surface area contributed by atoms with Crippen LogP contribution in [0.15, 0.2) is 4.52 Å². The lowest BCUT2D eigenvalue weighted by Crippen LogP contribution is -1.93. The highest BCUT2D eigenvalue weighted by Gasteiger charge is 2.03. The summed E-state index contributed by atoms with van der Waals surface area (Å²) < 4.78 is 4.91. The molecule has 0 spiro atoms. The molecule has 0 bridgehead atoms. The Hall–Kier alpha value is -0.860. The van der Waals surface area contributed by atoms with Crippen LogP contribution in [-0.4, -0.2) is 10.1 Å². The van der Waals surface area contributed by atoms with Gasteiger partial charge in [0.25, 0.3) is 0 Å². The highest BCUT2D eigenvalue weighted by atomic mass is 16.5. The molecular weight excluding hydrogens is 152 g/mol. The Kier molecular flexibility index (Phi) is 5.34. The topological polar surface area (TPSA) is 38.9 Å². The van der Waals surface area contributed by atoms with Crippen LogP contribution in [0.25, 0.3) is 0 Å². The van der Waals surface area contributed by atoms with E-state index in [4.69, 9.17) is 4.52 Å². The van der Waals surface area contributed by atoms with Gasteiger partial charge in [0.2, 0.25) is 5.89 Å². The van der Waals surface area contributed by atoms with Gasteiger partial charge in [-0.25, -0.2) is 0 Å². The maximum absolute atomic E-state index is 4.91. The summed E-state index contributed by atoms with van der Waals surface area (Å²) in [7, 11) is 0. The fourth-order valence-electron chi connectivity index (χ4n) is 0.772. The van der Waals surface area contributed by atoms with Gasteiger partial charge in [-0.15, -0.1) is 0 Å². The zero-order valence-corrected chi connectivity index (χ0v) is 8.59. The summed E-state index contributed by atoms with van der Waals surface area (Å²) in [6.45, 7) is 10.1. The largest absolute Gasteiger partial charge is 0.339 e. The lowest BCUT2D eigenvalue weighted by molar-refractivity contribution is 0.360. The predicted molar refractivity (Wildman–Crippen MR) is 48.9 cm³/mol. The normalized spacial score (nSPS) is 9.50. The highest BCUT2D eigenvalue weighted by molar-refractivity contribution is 4.83. The van der Waals surface area contributed by atoms with Crippen LogP contribution in [0.4, 0.5) is 0 Å². The molecule has 0 aliphatic heterocycles. The first-order valence-corrected chi connectivity index (χ1v) is 4.47. The first kappa shape index (κ1) is 11.1. The fraction of sp³-hybridized carbons (Fsp3) is 0.778. The van der Waals surface area contributed by atoms with Crippen LogP contribution in [0.1, 0.15) is 39.4 Å². The summed E-state index contributed by atoms with van der Waals surface area (Å²) in [6, 6.07) is 0. The summed E-state index contributed by atoms with van der Waals surface area (Å²) >= 11 is 0. The van der Waals surface area contributed by atoms with E-state index in [1.807, 2.05) is 20.8 Å². The summed E-state index contributed by atoms with van der Waals surface area (Å²) in [6.07, 6.45) is 0.876. The van der Waals surface area contributed by atoms with E-state index in [9.17, 15) is 0 Å². The SMILES string of the molecule is CC.Cc1noc(CC(C)C)n1. The van der Waals surface area contributed by atoms with Crippen molar-refractivity contribution < 1.29 is 4.52 Å². The average molecular weight is 170 g/mol. The third kappa shape index (κ3) is 4.11. The molecule has 0 unspecified atom stereocenters. The van der Waals surface area contributed by atoms with Gasteiger partial charge in [-0.05, 0) is 12.8 Å². The van der Waals surface area contributed by atoms with Gasteiger partial charge in [0.15, 0.2) is 5.82 Å². The second-order valence-electron chi connectivity index (χ2n) is 2.83. The Morgan fingerprint density at radius 2 is 1.92 bits per heavy atom. The van der Waals surface area contributed by atoms with Crippen LogP contribution >= 0.6 is 0 Å². The van der Waals surface area contributed by atoms with E-state index in [1.165, 1.54) is 0 Å². The Morgan fingerprint density at radius 3 is 2.25 bits per heavy atom. The molecule has 0 aromatic carbocycles. The van der Waals surface area contributed by atoms with E-state index in [0.29, 0.717) is 5.92 Å². The van der Waals surface area contributed by atoms with E-state index >= 15 is 0 Å². The van der Waals surface area contributed by atoms with E-state index in [2.05, 4.69) is 24.0 Å². The van der Waals surface area contributed by atoms with Crippen molar-refractivity contribution in [2.24, 2.45) is 5.92 Å². The Balaban J connectivity index is 0.000000561. The second kappa shape index (κ2) is 5.75. The van der Waals surface area contributed by atoms with E-state index in [0.717, 1.165) is 18.1 Å². The molecule has 0 fully saturated rings. The number of hydrogen-bond donors (Lipinski definition) is 0. The molecule has 0 saturated heterocycles. The maximum Gasteiger partial charge on any atom is 0.226 e. The summed E-state index contributed by atoms with van der Waals surface area (Å²) in [5, 5.41) is 3.68. The molecular formula is C9H18N2O. The number of hydrogen-bond acceptors (Lipinski definition) is 3. The van der Waals surface area contributed by atoms with Gasteiger partial charge in [-0.1, -0.05) is 32.9 Å². The van der Waals surface area contributed by atoms with E-state index in [-0.39, 0.29) is 0 Å². The van der Waals surface area contributed by atoms with Crippen molar-refractivity contribution in [3.63, 3.8) is 0 Å². The van der Waals surface area contributed by atoms with Crippen molar-refractivity contribution in [3.8, 4) is 0 Å². The Bertz CT molecular complexity index is 206. The van der Waals surface area contributed by atoms with Crippen molar-refractivity contribution in [3.05, 3.63) is 11.7 Å². The van der Waals surface area contributed by atoms with Gasteiger partial charge >= 0.3 is 0 Å². The molecule has 0 atom stereocenters. The Labute approximate surface area is 74.2 Å². The minimum Gasteiger partial charge on any atom is -0.339 e. The minimum atomic E-state index is 0.583. The maximum atomic E-state index is 4.91. The molecule has 0 aliphatic rings. The zero-order chi connectivity index (χ0) is 9.56. The number of rotatable bonds is 2. The van der Waals surface area contributed by atoms with Crippen LogP contribution in [0, 0.1) is 12.8 Å². The average Bonchev–Trinajstić information content (AvgIpc) is 2.39. The molecule has 0 radical (unpaired) electrons. The molecule has 0 N–H and O–H groups in total. The van der Waals surface area contributed by atoms with Gasteiger partial charge in [-0.3, -0.25) is 0 Å². The molecule has 12 heavy (non-hydrogen) atoms. The van der Waals surface area contributed by atoms with Gasteiger partial charge in [-0.2, -0.15) is 4.98 Å². The van der Waals surface area contributed by atoms with Crippen molar-refractivity contribution >= 4 is 0 Å². The van der Waals surface area contributed by atoms with Crippen LogP contribution in [0.3, 0.4) is 0 Å². The molecule has 3 nitrogen and oxygen atoms in total. The van der Waals surface area contributed by atoms with Gasteiger partial charge in [0, 0.05) is 6.42 Å². The summed E-state index contributed by atoms with van der Waals surface area (Å²) in [5.74, 6) is 2.04. The smallest absolute Gasteiger partial charge is 0.226 e. The lowest BCUT2D eigenvalue weighted by atomic mass is 10.1. The van der Waals surface area contributed by atoms with Crippen molar-refractivity contribution in [1.82, 2.24) is 10.1 Å². The molecule has 70 valence electrons. The first-order valence-electron chi connectivity index (χ1n) is 4.47. The molecule has 0 saturated carbocycles. The highest BCUT2D eigenvalue weighted by Crippen LogP contribution is 2.04. The summed E-state index contributed by atoms with van der Waals surface area (Å²) in [5.41, 5.74) is 0. The number of aromatic nitrogens is 2. The molecule has 1 heterocycles. The molecule has 1 rings (SSSR count). The fourth-order valence-corrected chi connectivity index (χ4v) is 0.772. The van der Waals surface area contributed by atoms with Gasteiger partial charge in [0.1, 0.15) is 0 Å². The zero-order valence-electron chi connectivity index (χ0n) is 8.59. The second-order valence-corrected chi connectivity index (χ2v) is 2.83. The molecule has 1 aromatic rings. The van der Waals surface area contributed by atoms with Crippen LogP contribution in [0.2, 0.25) is 0 Å². The van der Waals surface area contributed by atoms with Gasteiger partial charge in [0.05, 0.1) is 0 Å². The van der Waals surface area contributed by atoms with Crippen LogP contribution in [-0.2, 0) is 6.42 Å². The van der Waals surface area contributed by atoms with E-state index in [1.54, 1.807) is 0 Å². The van der Waals surface area contributed by atoms with Crippen LogP contribution in [0.5, 0.6) is 0 Å². The third-order valence-corrected chi connectivity index (χ3v) is 1.15. The molecule has 0 aliphatic carbocycles. The minimum absolute atomic E-state index is 0.583. The van der Waals surface area contributed by atoms with Crippen molar-refractivity contribution in [2.75, 3.05) is 0 Å². The quantitative estimate of drug-likeness (QED) is 0.684. The molecule has 3 heteroatoms. The van der Waals surface area contributed by atoms with Crippen molar-refractivity contribution in [1.29, 1.82) is 0 Å². The Morgan fingerprint density at radius 1 is 1.33 bits per heavy atom. The standard InChI is InChI=1S/C7H12N2O.C2H6/c1-5(2)4-7-8-6(3)9-10-7;1-2/h5H,4H2,1-3H3;1-2H3. The first-order chi connectivity index (χ1) is 5.68. The van der Waals surface area contributed by atoms with E-state index < -0.39 is 0 Å². The molecule has 0 amide bonds. The number of aryl methyl sites for hydroxylation is 1. The van der Waals surface area contributed by atoms with Crippen LogP contribution < -0.4 is 0 Å². The monoisotopic (exact) mass is 170 g/mol.